The average molecular weight is 434 g/mol. The van der Waals surface area contributed by atoms with Crippen molar-refractivity contribution in [2.75, 3.05) is 18.6 Å². The quantitative estimate of drug-likeness (QED) is 0.592. The topological polar surface area (TPSA) is 96.7 Å². The van der Waals surface area contributed by atoms with Crippen molar-refractivity contribution in [2.45, 2.75) is 33.0 Å². The second-order valence-corrected chi connectivity index (χ2v) is 7.90. The molecule has 1 amide bonds. The zero-order valence-electron chi connectivity index (χ0n) is 18.3. The summed E-state index contributed by atoms with van der Waals surface area (Å²) in [6.45, 7) is 5.90. The highest BCUT2D eigenvalue weighted by Gasteiger charge is 2.30. The molecule has 8 nitrogen and oxygen atoms in total. The lowest BCUT2D eigenvalue weighted by Gasteiger charge is -2.20. The van der Waals surface area contributed by atoms with Crippen LogP contribution in [-0.4, -0.2) is 40.4 Å². The van der Waals surface area contributed by atoms with E-state index in [-0.39, 0.29) is 17.5 Å². The number of carbonyl (C=O) groups is 2. The lowest BCUT2D eigenvalue weighted by Crippen LogP contribution is -2.29. The molecule has 4 rings (SSSR count). The summed E-state index contributed by atoms with van der Waals surface area (Å²) >= 11 is 0. The van der Waals surface area contributed by atoms with Crippen LogP contribution < -0.4 is 15.0 Å². The largest absolute Gasteiger partial charge is 0.497 e. The summed E-state index contributed by atoms with van der Waals surface area (Å²) in [5, 5.41) is 16.7. The van der Waals surface area contributed by atoms with Gasteiger partial charge in [-0.3, -0.25) is 4.79 Å². The molecule has 0 aliphatic carbocycles. The fourth-order valence-electron chi connectivity index (χ4n) is 4.01. The number of aromatic carboxylic acids is 1. The third-order valence-electron chi connectivity index (χ3n) is 5.75. The minimum Gasteiger partial charge on any atom is -0.497 e. The number of fused-ring (bicyclic) bond motifs is 1. The number of rotatable bonds is 7. The van der Waals surface area contributed by atoms with Crippen LogP contribution in [0.3, 0.4) is 0 Å². The number of nitrogens with zero attached hydrogens (tertiary/aromatic N) is 3. The van der Waals surface area contributed by atoms with E-state index < -0.39 is 5.97 Å². The van der Waals surface area contributed by atoms with E-state index in [0.717, 1.165) is 35.8 Å². The van der Waals surface area contributed by atoms with E-state index in [1.54, 1.807) is 31.4 Å². The van der Waals surface area contributed by atoms with E-state index in [9.17, 15) is 9.59 Å². The lowest BCUT2D eigenvalue weighted by atomic mass is 10.1. The molecule has 1 atom stereocenters. The number of anilines is 1. The molecule has 0 radical (unpaired) electrons. The number of benzene rings is 2. The van der Waals surface area contributed by atoms with Gasteiger partial charge in [-0.2, -0.15) is 5.10 Å². The van der Waals surface area contributed by atoms with Crippen LogP contribution in [0.2, 0.25) is 0 Å². The minimum atomic E-state index is -0.976. The van der Waals surface area contributed by atoms with Crippen molar-refractivity contribution in [1.29, 1.82) is 0 Å². The van der Waals surface area contributed by atoms with Crippen LogP contribution in [0, 0.1) is 6.92 Å². The van der Waals surface area contributed by atoms with Gasteiger partial charge >= 0.3 is 5.97 Å². The van der Waals surface area contributed by atoms with Gasteiger partial charge < -0.3 is 20.1 Å². The Morgan fingerprint density at radius 2 is 1.81 bits per heavy atom. The first kappa shape index (κ1) is 21.4. The monoisotopic (exact) mass is 434 g/mol. The van der Waals surface area contributed by atoms with Gasteiger partial charge in [0.25, 0.3) is 5.91 Å². The Labute approximate surface area is 186 Å². The van der Waals surface area contributed by atoms with Crippen LogP contribution in [0.4, 0.5) is 5.82 Å². The predicted octanol–water partition coefficient (Wildman–Crippen LogP) is 3.41. The number of carboxylic acids is 1. The summed E-state index contributed by atoms with van der Waals surface area (Å²) in [6, 6.07) is 14.1. The van der Waals surface area contributed by atoms with Gasteiger partial charge in [0.2, 0.25) is 0 Å². The van der Waals surface area contributed by atoms with Crippen LogP contribution in [-0.2, 0) is 13.1 Å². The number of aryl methyl sites for hydroxylation is 1. The highest BCUT2D eigenvalue weighted by molar-refractivity contribution is 6.00. The molecular formula is C24H26N4O4. The van der Waals surface area contributed by atoms with E-state index in [4.69, 9.17) is 9.84 Å². The van der Waals surface area contributed by atoms with Crippen LogP contribution in [0.15, 0.2) is 48.5 Å². The smallest absolute Gasteiger partial charge is 0.335 e. The highest BCUT2D eigenvalue weighted by atomic mass is 16.5. The molecule has 0 bridgehead atoms. The van der Waals surface area contributed by atoms with Crippen LogP contribution >= 0.6 is 0 Å². The maximum absolute atomic E-state index is 13.2. The van der Waals surface area contributed by atoms with E-state index in [2.05, 4.69) is 15.3 Å². The molecule has 32 heavy (non-hydrogen) atoms. The van der Waals surface area contributed by atoms with E-state index >= 15 is 0 Å². The zero-order valence-corrected chi connectivity index (χ0v) is 18.3. The molecule has 166 valence electrons. The summed E-state index contributed by atoms with van der Waals surface area (Å²) in [5.41, 5.74) is 3.43. The summed E-state index contributed by atoms with van der Waals surface area (Å²) < 4.78 is 7.12. The molecule has 1 aliphatic rings. The molecule has 2 N–H and O–H groups in total. The van der Waals surface area contributed by atoms with Crippen molar-refractivity contribution in [1.82, 2.24) is 15.1 Å². The van der Waals surface area contributed by atoms with Gasteiger partial charge in [-0.25, -0.2) is 9.48 Å². The first-order chi connectivity index (χ1) is 15.4. The predicted molar refractivity (Wildman–Crippen MR) is 120 cm³/mol. The van der Waals surface area contributed by atoms with Crippen LogP contribution in [0.1, 0.15) is 50.5 Å². The summed E-state index contributed by atoms with van der Waals surface area (Å²) in [7, 11) is 1.64. The normalized spacial score (nSPS) is 13.5. The maximum atomic E-state index is 13.2. The Hall–Kier alpha value is -3.81. The van der Waals surface area contributed by atoms with Gasteiger partial charge in [0.15, 0.2) is 0 Å². The fraction of sp³-hybridized carbons (Fsp3) is 0.292. The highest BCUT2D eigenvalue weighted by Crippen LogP contribution is 2.30. The number of aromatic nitrogens is 2. The second-order valence-electron chi connectivity index (χ2n) is 7.90. The third-order valence-corrected chi connectivity index (χ3v) is 5.75. The molecule has 0 saturated carbocycles. The van der Waals surface area contributed by atoms with Crippen molar-refractivity contribution in [2.24, 2.45) is 0 Å². The minimum absolute atomic E-state index is 0.194. The van der Waals surface area contributed by atoms with Crippen molar-refractivity contribution in [3.8, 4) is 5.75 Å². The molecule has 2 heterocycles. The number of nitrogens with one attached hydrogen (secondary N) is 1. The molecule has 3 aromatic rings. The SMILES string of the molecule is COc1ccc(CN2CCn3nc(C)c(C(=O)N[C@@H](C)c4ccc(C(=O)O)cc4)c32)cc1. The number of carbonyl (C=O) groups excluding carboxylic acids is 1. The van der Waals surface area contributed by atoms with Gasteiger partial charge in [0.1, 0.15) is 17.1 Å². The molecule has 0 spiro atoms. The Balaban J connectivity index is 1.52. The molecule has 2 aromatic carbocycles. The van der Waals surface area contributed by atoms with E-state index in [1.165, 1.54) is 0 Å². The van der Waals surface area contributed by atoms with Gasteiger partial charge in [0.05, 0.1) is 31.0 Å². The number of hydrogen-bond acceptors (Lipinski definition) is 5. The number of ether oxygens (including phenoxy) is 1. The van der Waals surface area contributed by atoms with Gasteiger partial charge in [-0.05, 0) is 49.2 Å². The van der Waals surface area contributed by atoms with Crippen molar-refractivity contribution < 1.29 is 19.4 Å². The lowest BCUT2D eigenvalue weighted by molar-refractivity contribution is 0.0696. The third kappa shape index (κ3) is 4.16. The van der Waals surface area contributed by atoms with Crippen LogP contribution in [0.25, 0.3) is 0 Å². The van der Waals surface area contributed by atoms with Crippen molar-refractivity contribution in [3.63, 3.8) is 0 Å². The average Bonchev–Trinajstić information content (AvgIpc) is 3.32. The molecule has 1 aromatic heterocycles. The van der Waals surface area contributed by atoms with Gasteiger partial charge in [0, 0.05) is 13.1 Å². The molecule has 0 saturated heterocycles. The van der Waals surface area contributed by atoms with Gasteiger partial charge in [-0.1, -0.05) is 24.3 Å². The number of carboxylic acid groups (broad SMARTS) is 1. The number of hydrogen-bond donors (Lipinski definition) is 2. The summed E-state index contributed by atoms with van der Waals surface area (Å²) in [6.07, 6.45) is 0. The molecule has 8 heteroatoms. The summed E-state index contributed by atoms with van der Waals surface area (Å²) in [5.74, 6) is 0.460. The Morgan fingerprint density at radius 3 is 2.44 bits per heavy atom. The Kier molecular flexibility index (Phi) is 5.85. The molecular weight excluding hydrogens is 408 g/mol. The summed E-state index contributed by atoms with van der Waals surface area (Å²) in [4.78, 5) is 26.5. The van der Waals surface area contributed by atoms with Crippen molar-refractivity contribution >= 4 is 17.7 Å². The number of amides is 1. The first-order valence-corrected chi connectivity index (χ1v) is 10.5. The van der Waals surface area contributed by atoms with Crippen LogP contribution in [0.5, 0.6) is 5.75 Å². The molecule has 0 unspecified atom stereocenters. The first-order valence-electron chi connectivity index (χ1n) is 10.5. The Bertz CT molecular complexity index is 1140. The maximum Gasteiger partial charge on any atom is 0.335 e. The zero-order chi connectivity index (χ0) is 22.8. The van der Waals surface area contributed by atoms with Crippen molar-refractivity contribution in [3.05, 3.63) is 76.5 Å². The van der Waals surface area contributed by atoms with E-state index in [1.807, 2.05) is 42.8 Å². The van der Waals surface area contributed by atoms with E-state index in [0.29, 0.717) is 17.8 Å². The Morgan fingerprint density at radius 1 is 1.12 bits per heavy atom. The number of methoxy groups -OCH3 is 1. The van der Waals surface area contributed by atoms with Gasteiger partial charge in [-0.15, -0.1) is 0 Å². The fourth-order valence-corrected chi connectivity index (χ4v) is 4.01. The molecule has 0 fully saturated rings. The standard InChI is InChI=1S/C24H26N4O4/c1-15(18-6-8-19(9-7-18)24(30)31)25-22(29)21-16(2)26-28-13-12-27(23(21)28)14-17-4-10-20(32-3)11-5-17/h4-11,15H,12-14H2,1-3H3,(H,25,29)(H,30,31)/t15-/m0/s1. The molecule has 1 aliphatic heterocycles. The second kappa shape index (κ2) is 8.74.